The molecule has 1 fully saturated rings. The smallest absolute Gasteiger partial charge is 0.270 e. The van der Waals surface area contributed by atoms with E-state index in [2.05, 4.69) is 17.2 Å². The number of carbonyl (C=O) groups is 1. The van der Waals surface area contributed by atoms with Crippen LogP contribution in [0, 0.1) is 0 Å². The van der Waals surface area contributed by atoms with Gasteiger partial charge in [-0.1, -0.05) is 31.2 Å². The van der Waals surface area contributed by atoms with E-state index in [1.54, 1.807) is 6.07 Å². The van der Waals surface area contributed by atoms with Gasteiger partial charge >= 0.3 is 0 Å². The van der Waals surface area contributed by atoms with Gasteiger partial charge in [0, 0.05) is 5.39 Å². The van der Waals surface area contributed by atoms with Crippen LogP contribution in [0.3, 0.4) is 0 Å². The number of aryl methyl sites for hydroxylation is 1. The van der Waals surface area contributed by atoms with Gasteiger partial charge in [-0.05, 0) is 18.1 Å². The van der Waals surface area contributed by atoms with Crippen LogP contribution in [0.4, 0.5) is 0 Å². The standard InChI is InChI=1S/C16H18N2O3/c1-2-10-4-3-5-11-6-7-12(17-15(10)11)16(20)18-13-8-21-9-14(13)19/h3-7,13-14,19H,2,8-9H2,1H3,(H,18,20)/t13-,14+/m1/s1. The fourth-order valence-corrected chi connectivity index (χ4v) is 2.54. The van der Waals surface area contributed by atoms with Gasteiger partial charge in [0.15, 0.2) is 0 Å². The zero-order chi connectivity index (χ0) is 14.8. The minimum Gasteiger partial charge on any atom is -0.388 e. The van der Waals surface area contributed by atoms with Crippen LogP contribution in [0.2, 0.25) is 0 Å². The van der Waals surface area contributed by atoms with Crippen LogP contribution in [0.15, 0.2) is 30.3 Å². The minimum absolute atomic E-state index is 0.260. The van der Waals surface area contributed by atoms with Crippen molar-refractivity contribution in [3.8, 4) is 0 Å². The van der Waals surface area contributed by atoms with Gasteiger partial charge in [-0.2, -0.15) is 0 Å². The number of hydrogen-bond acceptors (Lipinski definition) is 4. The van der Waals surface area contributed by atoms with Crippen LogP contribution < -0.4 is 5.32 Å². The van der Waals surface area contributed by atoms with Crippen molar-refractivity contribution in [2.45, 2.75) is 25.5 Å². The van der Waals surface area contributed by atoms with Crippen molar-refractivity contribution in [2.75, 3.05) is 13.2 Å². The lowest BCUT2D eigenvalue weighted by molar-refractivity contribution is 0.0882. The molecular weight excluding hydrogens is 268 g/mol. The molecule has 1 aliphatic heterocycles. The third kappa shape index (κ3) is 2.75. The van der Waals surface area contributed by atoms with E-state index < -0.39 is 6.10 Å². The summed E-state index contributed by atoms with van der Waals surface area (Å²) in [6.45, 7) is 2.66. The van der Waals surface area contributed by atoms with Crippen LogP contribution in [0.1, 0.15) is 23.0 Å². The van der Waals surface area contributed by atoms with E-state index in [9.17, 15) is 9.90 Å². The summed E-state index contributed by atoms with van der Waals surface area (Å²) in [5, 5.41) is 13.5. The number of benzene rings is 1. The lowest BCUT2D eigenvalue weighted by Crippen LogP contribution is -2.42. The number of para-hydroxylation sites is 1. The first kappa shape index (κ1) is 14.0. The molecule has 2 atom stereocenters. The van der Waals surface area contributed by atoms with Gasteiger partial charge in [0.2, 0.25) is 0 Å². The maximum Gasteiger partial charge on any atom is 0.270 e. The normalized spacial score (nSPS) is 21.6. The highest BCUT2D eigenvalue weighted by Crippen LogP contribution is 2.18. The van der Waals surface area contributed by atoms with Gasteiger partial charge in [0.25, 0.3) is 5.91 Å². The third-order valence-electron chi connectivity index (χ3n) is 3.78. The Morgan fingerprint density at radius 3 is 2.95 bits per heavy atom. The number of pyridine rings is 1. The zero-order valence-electron chi connectivity index (χ0n) is 11.9. The molecule has 2 N–H and O–H groups in total. The van der Waals surface area contributed by atoms with E-state index >= 15 is 0 Å². The van der Waals surface area contributed by atoms with Crippen molar-refractivity contribution in [3.63, 3.8) is 0 Å². The van der Waals surface area contributed by atoms with Gasteiger partial charge < -0.3 is 15.2 Å². The highest BCUT2D eigenvalue weighted by atomic mass is 16.5. The Morgan fingerprint density at radius 2 is 2.24 bits per heavy atom. The first-order chi connectivity index (χ1) is 10.2. The predicted octanol–water partition coefficient (Wildman–Crippen LogP) is 1.29. The summed E-state index contributed by atoms with van der Waals surface area (Å²) in [5.41, 5.74) is 2.34. The topological polar surface area (TPSA) is 71.5 Å². The second kappa shape index (κ2) is 5.79. The molecule has 21 heavy (non-hydrogen) atoms. The van der Waals surface area contributed by atoms with E-state index in [0.29, 0.717) is 12.3 Å². The number of fused-ring (bicyclic) bond motifs is 1. The van der Waals surface area contributed by atoms with Crippen LogP contribution in [-0.2, 0) is 11.2 Å². The van der Waals surface area contributed by atoms with Crippen molar-refractivity contribution >= 4 is 16.8 Å². The highest BCUT2D eigenvalue weighted by molar-refractivity contribution is 5.95. The van der Waals surface area contributed by atoms with Gasteiger partial charge in [0.05, 0.1) is 30.9 Å². The van der Waals surface area contributed by atoms with Gasteiger partial charge in [-0.3, -0.25) is 4.79 Å². The molecule has 1 aliphatic rings. The van der Waals surface area contributed by atoms with Crippen molar-refractivity contribution in [1.82, 2.24) is 10.3 Å². The lowest BCUT2D eigenvalue weighted by Gasteiger charge is -2.14. The highest BCUT2D eigenvalue weighted by Gasteiger charge is 2.28. The van der Waals surface area contributed by atoms with E-state index in [1.165, 1.54) is 0 Å². The molecule has 2 heterocycles. The largest absolute Gasteiger partial charge is 0.388 e. The molecule has 1 aromatic heterocycles. The molecular formula is C16H18N2O3. The average Bonchev–Trinajstić information content (AvgIpc) is 2.91. The van der Waals surface area contributed by atoms with Crippen LogP contribution >= 0.6 is 0 Å². The van der Waals surface area contributed by atoms with Gasteiger partial charge in [0.1, 0.15) is 5.69 Å². The fraction of sp³-hybridized carbons (Fsp3) is 0.375. The van der Waals surface area contributed by atoms with E-state index in [-0.39, 0.29) is 18.6 Å². The zero-order valence-corrected chi connectivity index (χ0v) is 11.9. The summed E-state index contributed by atoms with van der Waals surface area (Å²) in [6.07, 6.45) is 0.213. The predicted molar refractivity (Wildman–Crippen MR) is 79.2 cm³/mol. The summed E-state index contributed by atoms with van der Waals surface area (Å²) in [4.78, 5) is 16.7. The molecule has 1 aromatic carbocycles. The lowest BCUT2D eigenvalue weighted by atomic mass is 10.1. The number of hydrogen-bond donors (Lipinski definition) is 2. The Bertz CT molecular complexity index is 672. The first-order valence-electron chi connectivity index (χ1n) is 7.14. The molecule has 2 aromatic rings. The molecule has 5 heteroatoms. The molecule has 0 bridgehead atoms. The Morgan fingerprint density at radius 1 is 1.38 bits per heavy atom. The fourth-order valence-electron chi connectivity index (χ4n) is 2.54. The summed E-state index contributed by atoms with van der Waals surface area (Å²) in [7, 11) is 0. The molecule has 0 aliphatic carbocycles. The molecule has 1 saturated heterocycles. The number of nitrogens with zero attached hydrogens (tertiary/aromatic N) is 1. The number of ether oxygens (including phenoxy) is 1. The summed E-state index contributed by atoms with van der Waals surface area (Å²) in [6, 6.07) is 9.24. The molecule has 0 spiro atoms. The number of aromatic nitrogens is 1. The first-order valence-corrected chi connectivity index (χ1v) is 7.14. The van der Waals surface area contributed by atoms with Crippen LogP contribution in [-0.4, -0.2) is 41.4 Å². The Kier molecular flexibility index (Phi) is 3.86. The number of aliphatic hydroxyl groups is 1. The number of nitrogens with one attached hydrogen (secondary N) is 1. The van der Waals surface area contributed by atoms with Crippen molar-refractivity contribution < 1.29 is 14.6 Å². The SMILES string of the molecule is CCc1cccc2ccc(C(=O)N[C@@H]3COC[C@@H]3O)nc12. The Labute approximate surface area is 123 Å². The van der Waals surface area contributed by atoms with Gasteiger partial charge in [-0.25, -0.2) is 4.98 Å². The second-order valence-corrected chi connectivity index (χ2v) is 5.22. The summed E-state index contributed by atoms with van der Waals surface area (Å²) < 4.78 is 5.13. The maximum atomic E-state index is 12.2. The molecule has 0 radical (unpaired) electrons. The average molecular weight is 286 g/mol. The maximum absolute atomic E-state index is 12.2. The van der Waals surface area contributed by atoms with Crippen molar-refractivity contribution in [1.29, 1.82) is 0 Å². The van der Waals surface area contributed by atoms with Crippen LogP contribution in [0.25, 0.3) is 10.9 Å². The van der Waals surface area contributed by atoms with Crippen molar-refractivity contribution in [2.24, 2.45) is 0 Å². The quantitative estimate of drug-likeness (QED) is 0.892. The van der Waals surface area contributed by atoms with Gasteiger partial charge in [-0.15, -0.1) is 0 Å². The summed E-state index contributed by atoms with van der Waals surface area (Å²) in [5.74, 6) is -0.280. The second-order valence-electron chi connectivity index (χ2n) is 5.22. The molecule has 3 rings (SSSR count). The van der Waals surface area contributed by atoms with E-state index in [0.717, 1.165) is 22.9 Å². The number of carbonyl (C=O) groups excluding carboxylic acids is 1. The minimum atomic E-state index is -0.652. The monoisotopic (exact) mass is 286 g/mol. The molecule has 110 valence electrons. The molecule has 0 saturated carbocycles. The third-order valence-corrected chi connectivity index (χ3v) is 3.78. The molecule has 0 unspecified atom stereocenters. The number of amides is 1. The van der Waals surface area contributed by atoms with Crippen LogP contribution in [0.5, 0.6) is 0 Å². The summed E-state index contributed by atoms with van der Waals surface area (Å²) >= 11 is 0. The number of aliphatic hydroxyl groups excluding tert-OH is 1. The molecule has 1 amide bonds. The Hall–Kier alpha value is -1.98. The molecule has 5 nitrogen and oxygen atoms in total. The number of rotatable bonds is 3. The Balaban J connectivity index is 1.88. The van der Waals surface area contributed by atoms with E-state index in [4.69, 9.17) is 4.74 Å². The van der Waals surface area contributed by atoms with Crippen molar-refractivity contribution in [3.05, 3.63) is 41.6 Å². The van der Waals surface area contributed by atoms with E-state index in [1.807, 2.05) is 24.3 Å².